The lowest BCUT2D eigenvalue weighted by Crippen LogP contribution is -1.97. The Morgan fingerprint density at radius 2 is 1.80 bits per heavy atom. The Morgan fingerprint density at radius 1 is 1.15 bits per heavy atom. The first-order valence-electron chi connectivity index (χ1n) is 5.98. The van der Waals surface area contributed by atoms with Crippen molar-refractivity contribution in [2.75, 3.05) is 6.26 Å². The zero-order valence-corrected chi connectivity index (χ0v) is 12.0. The molecule has 5 nitrogen and oxygen atoms in total. The van der Waals surface area contributed by atoms with Gasteiger partial charge in [-0.1, -0.05) is 0 Å². The van der Waals surface area contributed by atoms with Crippen molar-refractivity contribution >= 4 is 9.84 Å². The van der Waals surface area contributed by atoms with Gasteiger partial charge in [-0.3, -0.25) is 0 Å². The van der Waals surface area contributed by atoms with Crippen LogP contribution in [0.4, 0.5) is 0 Å². The van der Waals surface area contributed by atoms with Gasteiger partial charge in [-0.05, 0) is 42.8 Å². The third-order valence-corrected chi connectivity index (χ3v) is 3.84. The van der Waals surface area contributed by atoms with Crippen LogP contribution in [0.3, 0.4) is 0 Å². The molecule has 1 aromatic carbocycles. The van der Waals surface area contributed by atoms with E-state index in [1.807, 2.05) is 0 Å². The van der Waals surface area contributed by atoms with E-state index in [1.165, 1.54) is 18.3 Å². The average Bonchev–Trinajstić information content (AvgIpc) is 2.39. The minimum Gasteiger partial charge on any atom is -0.439 e. The van der Waals surface area contributed by atoms with Crippen molar-refractivity contribution in [3.8, 4) is 11.6 Å². The molecule has 106 valence electrons. The van der Waals surface area contributed by atoms with E-state index in [1.54, 1.807) is 31.2 Å². The van der Waals surface area contributed by atoms with Crippen LogP contribution in [-0.4, -0.2) is 24.8 Å². The van der Waals surface area contributed by atoms with E-state index >= 15 is 0 Å². The molecule has 0 aliphatic heterocycles. The van der Waals surface area contributed by atoms with Crippen molar-refractivity contribution in [2.45, 2.75) is 17.9 Å². The Balaban J connectivity index is 2.14. The molecule has 1 aromatic heterocycles. The predicted molar refractivity (Wildman–Crippen MR) is 74.5 cm³/mol. The molecule has 20 heavy (non-hydrogen) atoms. The Kier molecular flexibility index (Phi) is 4.06. The van der Waals surface area contributed by atoms with Crippen LogP contribution in [0, 0.1) is 0 Å². The van der Waals surface area contributed by atoms with E-state index in [2.05, 4.69) is 4.98 Å². The van der Waals surface area contributed by atoms with Crippen LogP contribution in [0.25, 0.3) is 0 Å². The van der Waals surface area contributed by atoms with Crippen molar-refractivity contribution < 1.29 is 18.3 Å². The molecule has 0 saturated carbocycles. The van der Waals surface area contributed by atoms with Crippen LogP contribution in [-0.2, 0) is 9.84 Å². The first-order valence-corrected chi connectivity index (χ1v) is 7.87. The molecule has 0 saturated heterocycles. The molecule has 0 aliphatic carbocycles. The first kappa shape index (κ1) is 14.5. The summed E-state index contributed by atoms with van der Waals surface area (Å²) in [6, 6.07) is 9.47. The van der Waals surface area contributed by atoms with E-state index in [9.17, 15) is 13.5 Å². The first-order chi connectivity index (χ1) is 9.36. The number of hydrogen-bond donors (Lipinski definition) is 1. The third kappa shape index (κ3) is 3.55. The molecule has 2 aromatic rings. The van der Waals surface area contributed by atoms with Crippen molar-refractivity contribution in [2.24, 2.45) is 0 Å². The Hall–Kier alpha value is -1.92. The molecule has 0 spiro atoms. The molecule has 6 heteroatoms. The summed E-state index contributed by atoms with van der Waals surface area (Å²) in [6.07, 6.45) is 2.11. The van der Waals surface area contributed by atoms with Gasteiger partial charge in [-0.15, -0.1) is 0 Å². The second-order valence-electron chi connectivity index (χ2n) is 4.45. The van der Waals surface area contributed by atoms with Crippen LogP contribution in [0.15, 0.2) is 47.5 Å². The summed E-state index contributed by atoms with van der Waals surface area (Å²) in [5.74, 6) is 0.871. The normalized spacial score (nSPS) is 12.9. The van der Waals surface area contributed by atoms with E-state index < -0.39 is 15.9 Å². The summed E-state index contributed by atoms with van der Waals surface area (Å²) < 4.78 is 28.1. The zero-order chi connectivity index (χ0) is 14.8. The highest BCUT2D eigenvalue weighted by Gasteiger charge is 2.07. The zero-order valence-electron chi connectivity index (χ0n) is 11.1. The fourth-order valence-electron chi connectivity index (χ4n) is 1.57. The molecule has 0 radical (unpaired) electrons. The van der Waals surface area contributed by atoms with Gasteiger partial charge in [0, 0.05) is 18.5 Å². The minimum atomic E-state index is -3.21. The smallest absolute Gasteiger partial charge is 0.219 e. The number of rotatable bonds is 4. The van der Waals surface area contributed by atoms with E-state index in [0.717, 1.165) is 6.26 Å². The highest BCUT2D eigenvalue weighted by atomic mass is 32.2. The largest absolute Gasteiger partial charge is 0.439 e. The summed E-state index contributed by atoms with van der Waals surface area (Å²) in [7, 11) is -3.21. The van der Waals surface area contributed by atoms with Gasteiger partial charge in [0.1, 0.15) is 5.75 Å². The van der Waals surface area contributed by atoms with Gasteiger partial charge < -0.3 is 9.84 Å². The van der Waals surface area contributed by atoms with Crippen molar-refractivity contribution in [3.63, 3.8) is 0 Å². The molecule has 1 atom stereocenters. The summed E-state index contributed by atoms with van der Waals surface area (Å²) in [6.45, 7) is 1.65. The number of aliphatic hydroxyl groups excluding tert-OH is 1. The summed E-state index contributed by atoms with van der Waals surface area (Å²) >= 11 is 0. The molecule has 0 amide bonds. The molecule has 1 heterocycles. The minimum absolute atomic E-state index is 0.238. The fraction of sp³-hybridized carbons (Fsp3) is 0.214. The number of nitrogens with zero attached hydrogens (tertiary/aromatic N) is 1. The van der Waals surface area contributed by atoms with Gasteiger partial charge in [-0.2, -0.15) is 0 Å². The second kappa shape index (κ2) is 5.60. The highest BCUT2D eigenvalue weighted by Crippen LogP contribution is 2.22. The Bertz CT molecular complexity index is 676. The third-order valence-electron chi connectivity index (χ3n) is 2.72. The molecule has 2 rings (SSSR count). The quantitative estimate of drug-likeness (QED) is 0.936. The maximum atomic E-state index is 11.3. The van der Waals surface area contributed by atoms with Crippen molar-refractivity contribution in [3.05, 3.63) is 48.2 Å². The fourth-order valence-corrected chi connectivity index (χ4v) is 2.21. The lowest BCUT2D eigenvalue weighted by molar-refractivity contribution is 0.198. The summed E-state index contributed by atoms with van der Waals surface area (Å²) in [5, 5.41) is 9.37. The van der Waals surface area contributed by atoms with Gasteiger partial charge in [0.15, 0.2) is 9.84 Å². The van der Waals surface area contributed by atoms with Gasteiger partial charge >= 0.3 is 0 Å². The maximum Gasteiger partial charge on any atom is 0.219 e. The van der Waals surface area contributed by atoms with E-state index in [4.69, 9.17) is 4.74 Å². The molecule has 1 N–H and O–H groups in total. The molecule has 0 aliphatic rings. The maximum absolute atomic E-state index is 11.3. The average molecular weight is 293 g/mol. The number of pyridine rings is 1. The van der Waals surface area contributed by atoms with Crippen LogP contribution < -0.4 is 4.74 Å². The molecular formula is C14H15NO4S. The van der Waals surface area contributed by atoms with E-state index in [0.29, 0.717) is 17.2 Å². The van der Waals surface area contributed by atoms with Gasteiger partial charge in [0.2, 0.25) is 5.88 Å². The number of sulfone groups is 1. The monoisotopic (exact) mass is 293 g/mol. The Morgan fingerprint density at radius 3 is 2.25 bits per heavy atom. The van der Waals surface area contributed by atoms with Crippen LogP contribution in [0.2, 0.25) is 0 Å². The number of hydrogen-bond acceptors (Lipinski definition) is 5. The second-order valence-corrected chi connectivity index (χ2v) is 6.47. The molecular weight excluding hydrogens is 278 g/mol. The topological polar surface area (TPSA) is 76.5 Å². The molecule has 1 unspecified atom stereocenters. The Labute approximate surface area is 117 Å². The van der Waals surface area contributed by atoms with Crippen molar-refractivity contribution in [1.29, 1.82) is 0 Å². The number of aliphatic hydroxyl groups is 1. The molecule has 0 fully saturated rings. The van der Waals surface area contributed by atoms with Crippen LogP contribution >= 0.6 is 0 Å². The lowest BCUT2D eigenvalue weighted by Gasteiger charge is -2.07. The number of aromatic nitrogens is 1. The van der Waals surface area contributed by atoms with Crippen molar-refractivity contribution in [1.82, 2.24) is 4.98 Å². The van der Waals surface area contributed by atoms with Gasteiger partial charge in [0.05, 0.1) is 11.0 Å². The number of benzene rings is 1. The standard InChI is InChI=1S/C14H15NO4S/c1-10(16)11-3-8-14(15-9-11)19-12-4-6-13(7-5-12)20(2,17)18/h3-10,16H,1-2H3. The number of ether oxygens (including phenoxy) is 1. The van der Waals surface area contributed by atoms with Crippen LogP contribution in [0.1, 0.15) is 18.6 Å². The predicted octanol–water partition coefficient (Wildman–Crippen LogP) is 2.33. The summed E-state index contributed by atoms with van der Waals surface area (Å²) in [5.41, 5.74) is 0.699. The lowest BCUT2D eigenvalue weighted by atomic mass is 10.2. The SMILES string of the molecule is CC(O)c1ccc(Oc2ccc(S(C)(=O)=O)cc2)nc1. The van der Waals surface area contributed by atoms with E-state index in [-0.39, 0.29) is 4.90 Å². The molecule has 0 bridgehead atoms. The van der Waals surface area contributed by atoms with Crippen LogP contribution in [0.5, 0.6) is 11.6 Å². The highest BCUT2D eigenvalue weighted by molar-refractivity contribution is 7.90. The van der Waals surface area contributed by atoms with Gasteiger partial charge in [0.25, 0.3) is 0 Å². The summed E-state index contributed by atoms with van der Waals surface area (Å²) in [4.78, 5) is 4.30. The van der Waals surface area contributed by atoms with Gasteiger partial charge in [-0.25, -0.2) is 13.4 Å².